The molecule has 0 aromatic rings. The molecule has 1 heterocycles. The molecule has 0 amide bonds. The van der Waals surface area contributed by atoms with Crippen LogP contribution in [0.15, 0.2) is 0 Å². The Bertz CT molecular complexity index is 265. The minimum Gasteiger partial charge on any atom is -0.378 e. The largest absolute Gasteiger partial charge is 0.378 e. The number of terminal acetylenes is 1. The van der Waals surface area contributed by atoms with Gasteiger partial charge in [0.15, 0.2) is 0 Å². The van der Waals surface area contributed by atoms with Crippen LogP contribution in [0.25, 0.3) is 0 Å². The van der Waals surface area contributed by atoms with Crippen LogP contribution in [0.2, 0.25) is 0 Å². The fourth-order valence-electron chi connectivity index (χ4n) is 1.92. The summed E-state index contributed by atoms with van der Waals surface area (Å²) in [6, 6.07) is 0. The average Bonchev–Trinajstić information content (AvgIpc) is 2.53. The predicted octanol–water partition coefficient (Wildman–Crippen LogP) is -0.409. The summed E-state index contributed by atoms with van der Waals surface area (Å²) in [5.41, 5.74) is 0. The van der Waals surface area contributed by atoms with Crippen molar-refractivity contribution < 1.29 is 18.9 Å². The van der Waals surface area contributed by atoms with Gasteiger partial charge in [-0.05, 0) is 0 Å². The highest BCUT2D eigenvalue weighted by molar-refractivity contribution is 4.82. The van der Waals surface area contributed by atoms with Crippen LogP contribution in [0.4, 0.5) is 0 Å². The predicted molar refractivity (Wildman–Crippen MR) is 81.4 cm³/mol. The second-order valence-electron chi connectivity index (χ2n) is 4.69. The van der Waals surface area contributed by atoms with Crippen LogP contribution in [0, 0.1) is 12.3 Å². The molecule has 21 heavy (non-hydrogen) atoms. The van der Waals surface area contributed by atoms with Gasteiger partial charge in [0.2, 0.25) is 0 Å². The molecule has 6 heteroatoms. The molecule has 0 bridgehead atoms. The Balaban J connectivity index is 1.70. The first-order valence-electron chi connectivity index (χ1n) is 7.61. The van der Waals surface area contributed by atoms with Crippen molar-refractivity contribution in [3.8, 4) is 12.3 Å². The number of piperazine rings is 1. The molecule has 122 valence electrons. The molecule has 0 atom stereocenters. The number of ether oxygens (including phenoxy) is 4. The van der Waals surface area contributed by atoms with E-state index in [2.05, 4.69) is 16.1 Å². The molecule has 1 aliphatic rings. The van der Waals surface area contributed by atoms with Crippen LogP contribution in [0.3, 0.4) is 0 Å². The van der Waals surface area contributed by atoms with Crippen molar-refractivity contribution >= 4 is 0 Å². The summed E-state index contributed by atoms with van der Waals surface area (Å²) in [6.07, 6.45) is 5.05. The van der Waals surface area contributed by atoms with Crippen LogP contribution >= 0.6 is 0 Å². The fourth-order valence-corrected chi connectivity index (χ4v) is 1.92. The lowest BCUT2D eigenvalue weighted by atomic mass is 10.4. The summed E-state index contributed by atoms with van der Waals surface area (Å²) < 4.78 is 21.3. The van der Waals surface area contributed by atoms with Crippen molar-refractivity contribution in [2.24, 2.45) is 0 Å². The highest BCUT2D eigenvalue weighted by Crippen LogP contribution is 1.91. The normalized spacial score (nSPS) is 16.0. The topological polar surface area (TPSA) is 52.2 Å². The second kappa shape index (κ2) is 14.3. The van der Waals surface area contributed by atoms with Gasteiger partial charge >= 0.3 is 0 Å². The van der Waals surface area contributed by atoms with Gasteiger partial charge in [-0.15, -0.1) is 6.42 Å². The molecule has 0 aromatic heterocycles. The van der Waals surface area contributed by atoms with E-state index >= 15 is 0 Å². The SMILES string of the molecule is C#CCOCCOCCOCCOCCN1CCNCC1. The first kappa shape index (κ1) is 18.4. The number of rotatable bonds is 13. The summed E-state index contributed by atoms with van der Waals surface area (Å²) in [5, 5.41) is 3.33. The standard InChI is InChI=1S/C15H28N2O4/c1-2-8-18-10-12-20-14-15-21-13-11-19-9-7-17-5-3-16-4-6-17/h1,16H,3-15H2. The summed E-state index contributed by atoms with van der Waals surface area (Å²) in [5.74, 6) is 2.40. The molecule has 1 rings (SSSR count). The Hall–Kier alpha value is -0.680. The second-order valence-corrected chi connectivity index (χ2v) is 4.69. The van der Waals surface area contributed by atoms with E-state index in [9.17, 15) is 0 Å². The third-order valence-corrected chi connectivity index (χ3v) is 3.06. The summed E-state index contributed by atoms with van der Waals surface area (Å²) in [4.78, 5) is 2.41. The molecule has 6 nitrogen and oxygen atoms in total. The van der Waals surface area contributed by atoms with Gasteiger partial charge in [-0.25, -0.2) is 0 Å². The van der Waals surface area contributed by atoms with Gasteiger partial charge in [0.05, 0.1) is 46.2 Å². The van der Waals surface area contributed by atoms with Crippen LogP contribution in [0.1, 0.15) is 0 Å². The van der Waals surface area contributed by atoms with Crippen molar-refractivity contribution in [2.75, 3.05) is 85.6 Å². The maximum absolute atomic E-state index is 5.54. The average molecular weight is 300 g/mol. The molecule has 0 spiro atoms. The van der Waals surface area contributed by atoms with Gasteiger partial charge in [-0.3, -0.25) is 4.90 Å². The zero-order chi connectivity index (χ0) is 15.0. The maximum atomic E-state index is 5.54. The Kier molecular flexibility index (Phi) is 12.5. The molecule has 0 saturated carbocycles. The lowest BCUT2D eigenvalue weighted by Gasteiger charge is -2.26. The van der Waals surface area contributed by atoms with Gasteiger partial charge in [0.25, 0.3) is 0 Å². The van der Waals surface area contributed by atoms with Crippen LogP contribution < -0.4 is 5.32 Å². The zero-order valence-corrected chi connectivity index (χ0v) is 12.8. The van der Waals surface area contributed by atoms with E-state index in [4.69, 9.17) is 25.4 Å². The van der Waals surface area contributed by atoms with E-state index in [1.54, 1.807) is 0 Å². The van der Waals surface area contributed by atoms with Gasteiger partial charge in [-0.1, -0.05) is 5.92 Å². The van der Waals surface area contributed by atoms with Gasteiger partial charge in [0.1, 0.15) is 6.61 Å². The molecule has 0 unspecified atom stereocenters. The van der Waals surface area contributed by atoms with Crippen LogP contribution in [-0.4, -0.2) is 90.5 Å². The minimum absolute atomic E-state index is 0.338. The van der Waals surface area contributed by atoms with E-state index in [0.29, 0.717) is 46.2 Å². The van der Waals surface area contributed by atoms with Crippen molar-refractivity contribution in [3.63, 3.8) is 0 Å². The van der Waals surface area contributed by atoms with Gasteiger partial charge < -0.3 is 24.3 Å². The molecule has 0 radical (unpaired) electrons. The molecular weight excluding hydrogens is 272 g/mol. The summed E-state index contributed by atoms with van der Waals surface area (Å²) in [6.45, 7) is 9.97. The molecule has 1 saturated heterocycles. The molecule has 1 fully saturated rings. The number of nitrogens with zero attached hydrogens (tertiary/aromatic N) is 1. The summed E-state index contributed by atoms with van der Waals surface area (Å²) >= 11 is 0. The molecule has 0 aromatic carbocycles. The van der Waals surface area contributed by atoms with Crippen molar-refractivity contribution in [3.05, 3.63) is 0 Å². The first-order valence-corrected chi connectivity index (χ1v) is 7.61. The van der Waals surface area contributed by atoms with Crippen LogP contribution in [0.5, 0.6) is 0 Å². The van der Waals surface area contributed by atoms with Gasteiger partial charge in [0, 0.05) is 32.7 Å². The van der Waals surface area contributed by atoms with E-state index in [1.165, 1.54) is 0 Å². The molecular formula is C15H28N2O4. The summed E-state index contributed by atoms with van der Waals surface area (Å²) in [7, 11) is 0. The van der Waals surface area contributed by atoms with Crippen molar-refractivity contribution in [2.45, 2.75) is 0 Å². The monoisotopic (exact) mass is 300 g/mol. The first-order chi connectivity index (χ1) is 10.4. The third kappa shape index (κ3) is 11.6. The quantitative estimate of drug-likeness (QED) is 0.369. The van der Waals surface area contributed by atoms with E-state index in [-0.39, 0.29) is 0 Å². The Morgan fingerprint density at radius 3 is 1.90 bits per heavy atom. The number of nitrogens with one attached hydrogen (secondary N) is 1. The smallest absolute Gasteiger partial charge is 0.107 e. The highest BCUT2D eigenvalue weighted by atomic mass is 16.6. The number of hydrogen-bond acceptors (Lipinski definition) is 6. The maximum Gasteiger partial charge on any atom is 0.107 e. The van der Waals surface area contributed by atoms with E-state index in [0.717, 1.165) is 39.3 Å². The lowest BCUT2D eigenvalue weighted by Crippen LogP contribution is -2.44. The lowest BCUT2D eigenvalue weighted by molar-refractivity contribution is -0.00134. The molecule has 0 aliphatic carbocycles. The minimum atomic E-state index is 0.338. The Morgan fingerprint density at radius 2 is 1.33 bits per heavy atom. The highest BCUT2D eigenvalue weighted by Gasteiger charge is 2.08. The number of hydrogen-bond donors (Lipinski definition) is 1. The van der Waals surface area contributed by atoms with Gasteiger partial charge in [-0.2, -0.15) is 0 Å². The van der Waals surface area contributed by atoms with Crippen molar-refractivity contribution in [1.29, 1.82) is 0 Å². The molecule has 1 N–H and O–H groups in total. The fraction of sp³-hybridized carbons (Fsp3) is 0.867. The van der Waals surface area contributed by atoms with Crippen molar-refractivity contribution in [1.82, 2.24) is 10.2 Å². The third-order valence-electron chi connectivity index (χ3n) is 3.06. The Labute approximate surface area is 128 Å². The molecule has 1 aliphatic heterocycles. The van der Waals surface area contributed by atoms with Crippen LogP contribution in [-0.2, 0) is 18.9 Å². The van der Waals surface area contributed by atoms with E-state index in [1.807, 2.05) is 0 Å². The Morgan fingerprint density at radius 1 is 0.810 bits per heavy atom. The zero-order valence-electron chi connectivity index (χ0n) is 12.8. The van der Waals surface area contributed by atoms with E-state index < -0.39 is 0 Å².